The molecule has 0 aliphatic carbocycles. The molecule has 0 amide bonds. The zero-order valence-corrected chi connectivity index (χ0v) is 12.8. The Morgan fingerprint density at radius 2 is 1.95 bits per heavy atom. The SMILES string of the molecule is Cc1cnn(C2CN(CCS(=O)(=O)c3ccccc3)C2)c1. The second kappa shape index (κ2) is 5.61. The molecule has 6 heteroatoms. The van der Waals surface area contributed by atoms with Crippen molar-refractivity contribution in [1.29, 1.82) is 0 Å². The van der Waals surface area contributed by atoms with Crippen molar-refractivity contribution in [3.8, 4) is 0 Å². The summed E-state index contributed by atoms with van der Waals surface area (Å²) in [6.07, 6.45) is 3.88. The second-order valence-corrected chi connectivity index (χ2v) is 7.65. The minimum Gasteiger partial charge on any atom is -0.298 e. The Kier molecular flexibility index (Phi) is 3.82. The van der Waals surface area contributed by atoms with Gasteiger partial charge in [0.2, 0.25) is 0 Å². The van der Waals surface area contributed by atoms with Gasteiger partial charge in [0.05, 0.1) is 22.9 Å². The van der Waals surface area contributed by atoms with Crippen LogP contribution in [0.15, 0.2) is 47.6 Å². The molecule has 5 nitrogen and oxygen atoms in total. The van der Waals surface area contributed by atoms with Crippen LogP contribution in [0.2, 0.25) is 0 Å². The highest BCUT2D eigenvalue weighted by Gasteiger charge is 2.29. The average molecular weight is 305 g/mol. The van der Waals surface area contributed by atoms with E-state index in [-0.39, 0.29) is 5.75 Å². The maximum absolute atomic E-state index is 12.2. The van der Waals surface area contributed by atoms with Crippen LogP contribution < -0.4 is 0 Å². The predicted octanol–water partition coefficient (Wildman–Crippen LogP) is 1.52. The summed E-state index contributed by atoms with van der Waals surface area (Å²) >= 11 is 0. The van der Waals surface area contributed by atoms with E-state index in [0.717, 1.165) is 18.7 Å². The lowest BCUT2D eigenvalue weighted by atomic mass is 10.1. The summed E-state index contributed by atoms with van der Waals surface area (Å²) in [4.78, 5) is 2.56. The molecule has 2 aromatic rings. The van der Waals surface area contributed by atoms with Crippen LogP contribution in [0.4, 0.5) is 0 Å². The van der Waals surface area contributed by atoms with Gasteiger partial charge in [-0.15, -0.1) is 0 Å². The van der Waals surface area contributed by atoms with Crippen molar-refractivity contribution in [3.63, 3.8) is 0 Å². The van der Waals surface area contributed by atoms with Crippen molar-refractivity contribution in [2.75, 3.05) is 25.4 Å². The zero-order chi connectivity index (χ0) is 14.9. The first-order valence-electron chi connectivity index (χ1n) is 7.05. The monoisotopic (exact) mass is 305 g/mol. The third kappa shape index (κ3) is 3.16. The van der Waals surface area contributed by atoms with Gasteiger partial charge in [-0.25, -0.2) is 8.42 Å². The van der Waals surface area contributed by atoms with Crippen molar-refractivity contribution in [2.45, 2.75) is 17.9 Å². The highest BCUT2D eigenvalue weighted by molar-refractivity contribution is 7.91. The van der Waals surface area contributed by atoms with Gasteiger partial charge >= 0.3 is 0 Å². The molecule has 0 bridgehead atoms. The molecule has 1 aromatic carbocycles. The smallest absolute Gasteiger partial charge is 0.179 e. The number of rotatable bonds is 5. The average Bonchev–Trinajstić information content (AvgIpc) is 2.84. The highest BCUT2D eigenvalue weighted by atomic mass is 32.2. The van der Waals surface area contributed by atoms with Gasteiger partial charge in [0.15, 0.2) is 9.84 Å². The van der Waals surface area contributed by atoms with Crippen LogP contribution in [0, 0.1) is 6.92 Å². The molecule has 0 saturated carbocycles. The third-order valence-electron chi connectivity index (χ3n) is 3.82. The Labute approximate surface area is 125 Å². The molecule has 1 aromatic heterocycles. The van der Waals surface area contributed by atoms with Crippen molar-refractivity contribution in [1.82, 2.24) is 14.7 Å². The summed E-state index contributed by atoms with van der Waals surface area (Å²) < 4.78 is 26.3. The van der Waals surface area contributed by atoms with Crippen molar-refractivity contribution < 1.29 is 8.42 Å². The fourth-order valence-electron chi connectivity index (χ4n) is 2.52. The Morgan fingerprint density at radius 1 is 1.24 bits per heavy atom. The molecule has 0 spiro atoms. The molecule has 21 heavy (non-hydrogen) atoms. The second-order valence-electron chi connectivity index (χ2n) is 5.54. The molecule has 1 aliphatic rings. The van der Waals surface area contributed by atoms with E-state index >= 15 is 0 Å². The Bertz CT molecular complexity index is 704. The number of sulfone groups is 1. The van der Waals surface area contributed by atoms with Crippen LogP contribution in [0.5, 0.6) is 0 Å². The number of likely N-dealkylation sites (tertiary alicyclic amines) is 1. The van der Waals surface area contributed by atoms with Gasteiger partial charge in [0.1, 0.15) is 0 Å². The highest BCUT2D eigenvalue weighted by Crippen LogP contribution is 2.21. The first-order valence-corrected chi connectivity index (χ1v) is 8.71. The fraction of sp³-hybridized carbons (Fsp3) is 0.400. The topological polar surface area (TPSA) is 55.2 Å². The first-order chi connectivity index (χ1) is 10.0. The maximum Gasteiger partial charge on any atom is 0.179 e. The third-order valence-corrected chi connectivity index (χ3v) is 5.53. The fourth-order valence-corrected chi connectivity index (χ4v) is 3.83. The van der Waals surface area contributed by atoms with Gasteiger partial charge in [0, 0.05) is 25.8 Å². The van der Waals surface area contributed by atoms with E-state index in [1.807, 2.05) is 30.1 Å². The Balaban J connectivity index is 1.51. The van der Waals surface area contributed by atoms with Crippen molar-refractivity contribution in [3.05, 3.63) is 48.3 Å². The van der Waals surface area contributed by atoms with E-state index in [4.69, 9.17) is 0 Å². The molecular formula is C15H19N3O2S. The zero-order valence-electron chi connectivity index (χ0n) is 12.0. The van der Waals surface area contributed by atoms with Gasteiger partial charge in [0.25, 0.3) is 0 Å². The number of hydrogen-bond acceptors (Lipinski definition) is 4. The van der Waals surface area contributed by atoms with Crippen LogP contribution in [-0.4, -0.2) is 48.5 Å². The molecule has 3 rings (SSSR count). The van der Waals surface area contributed by atoms with E-state index < -0.39 is 9.84 Å². The maximum atomic E-state index is 12.2. The quantitative estimate of drug-likeness (QED) is 0.840. The molecule has 1 saturated heterocycles. The molecule has 0 N–H and O–H groups in total. The predicted molar refractivity (Wildman–Crippen MR) is 80.9 cm³/mol. The minimum atomic E-state index is -3.17. The standard InChI is InChI=1S/C15H19N3O2S/c1-13-9-16-18(10-13)14-11-17(12-14)7-8-21(19,20)15-5-3-2-4-6-15/h2-6,9-10,14H,7-8,11-12H2,1H3. The van der Waals surface area contributed by atoms with E-state index in [1.54, 1.807) is 24.3 Å². The molecule has 0 radical (unpaired) electrons. The Morgan fingerprint density at radius 3 is 2.57 bits per heavy atom. The summed E-state index contributed by atoms with van der Waals surface area (Å²) in [5, 5.41) is 4.30. The van der Waals surface area contributed by atoms with Crippen LogP contribution in [0.1, 0.15) is 11.6 Å². The summed E-state index contributed by atoms with van der Waals surface area (Å²) in [6, 6.07) is 9.02. The summed E-state index contributed by atoms with van der Waals surface area (Å²) in [6.45, 7) is 4.33. The van der Waals surface area contributed by atoms with Crippen LogP contribution >= 0.6 is 0 Å². The molecule has 1 fully saturated rings. The minimum absolute atomic E-state index is 0.169. The van der Waals surface area contributed by atoms with E-state index in [9.17, 15) is 8.42 Å². The van der Waals surface area contributed by atoms with Gasteiger partial charge in [-0.2, -0.15) is 5.10 Å². The number of nitrogens with zero attached hydrogens (tertiary/aromatic N) is 3. The lowest BCUT2D eigenvalue weighted by molar-refractivity contribution is 0.106. The van der Waals surface area contributed by atoms with E-state index in [2.05, 4.69) is 10.00 Å². The van der Waals surface area contributed by atoms with E-state index in [0.29, 0.717) is 17.5 Å². The van der Waals surface area contributed by atoms with Crippen molar-refractivity contribution in [2.24, 2.45) is 0 Å². The number of aromatic nitrogens is 2. The molecule has 0 atom stereocenters. The number of aryl methyl sites for hydroxylation is 1. The molecule has 112 valence electrons. The molecule has 1 aliphatic heterocycles. The van der Waals surface area contributed by atoms with Gasteiger partial charge in [-0.05, 0) is 24.6 Å². The number of hydrogen-bond donors (Lipinski definition) is 0. The molecular weight excluding hydrogens is 286 g/mol. The van der Waals surface area contributed by atoms with Crippen molar-refractivity contribution >= 4 is 9.84 Å². The molecule has 2 heterocycles. The summed E-state index contributed by atoms with van der Waals surface area (Å²) in [5.74, 6) is 0.169. The lowest BCUT2D eigenvalue weighted by Gasteiger charge is -2.39. The summed E-state index contributed by atoms with van der Waals surface area (Å²) in [5.41, 5.74) is 1.15. The van der Waals surface area contributed by atoms with Gasteiger partial charge in [-0.3, -0.25) is 9.58 Å². The largest absolute Gasteiger partial charge is 0.298 e. The normalized spacial score (nSPS) is 16.8. The van der Waals surface area contributed by atoms with Crippen LogP contribution in [-0.2, 0) is 9.84 Å². The van der Waals surface area contributed by atoms with Gasteiger partial charge in [-0.1, -0.05) is 18.2 Å². The lowest BCUT2D eigenvalue weighted by Crippen LogP contribution is -2.49. The first kappa shape index (κ1) is 14.3. The Hall–Kier alpha value is -1.66. The van der Waals surface area contributed by atoms with Crippen LogP contribution in [0.3, 0.4) is 0 Å². The van der Waals surface area contributed by atoms with Gasteiger partial charge < -0.3 is 0 Å². The van der Waals surface area contributed by atoms with E-state index in [1.165, 1.54) is 0 Å². The molecule has 0 unspecified atom stereocenters. The number of benzene rings is 1. The van der Waals surface area contributed by atoms with Crippen LogP contribution in [0.25, 0.3) is 0 Å². The summed E-state index contributed by atoms with van der Waals surface area (Å²) in [7, 11) is -3.17.